The first-order chi connectivity index (χ1) is 20.9. The number of pyridine rings is 1. The minimum absolute atomic E-state index is 0.0167. The van der Waals surface area contributed by atoms with Crippen molar-refractivity contribution < 1.29 is 33.3 Å². The van der Waals surface area contributed by atoms with E-state index in [1.54, 1.807) is 37.0 Å². The number of rotatable bonds is 11. The summed E-state index contributed by atoms with van der Waals surface area (Å²) in [5.41, 5.74) is 7.03. The zero-order valence-corrected chi connectivity index (χ0v) is 24.5. The molecule has 230 valence electrons. The lowest BCUT2D eigenvalue weighted by Crippen LogP contribution is -2.48. The molecule has 2 atom stereocenters. The van der Waals surface area contributed by atoms with E-state index < -0.39 is 6.09 Å². The number of hydrogen-bond donors (Lipinski definition) is 2. The molecular weight excluding hydrogens is 556 g/mol. The number of benzene rings is 2. The number of hydrogen-bond acceptors (Lipinski definition) is 9. The van der Waals surface area contributed by atoms with Crippen molar-refractivity contribution in [2.75, 3.05) is 53.7 Å². The largest absolute Gasteiger partial charge is 0.497 e. The summed E-state index contributed by atoms with van der Waals surface area (Å²) < 4.78 is 29.0. The van der Waals surface area contributed by atoms with Crippen molar-refractivity contribution in [2.24, 2.45) is 5.73 Å². The number of fused-ring (bicyclic) bond motifs is 2. The van der Waals surface area contributed by atoms with Crippen molar-refractivity contribution in [2.45, 2.75) is 38.0 Å². The standard InChI is InChI=1S/C31H38N4O8/c1-39-12-8-33-30(37)25-19-29(36)35(26-18-22(40-2)4-5-24(25)26)11-10-34-9-7-23(43-31(32)38)17-21(34)15-20-3-6-27-28(16-20)42-14-13-41-27/h3-6,16,18-19,21,23H,7-15,17H2,1-2H3,(H2,32,38)(H,33,37). The Bertz CT molecular complexity index is 1520. The number of ether oxygens (including phenoxy) is 5. The molecule has 2 aromatic carbocycles. The summed E-state index contributed by atoms with van der Waals surface area (Å²) in [6, 6.07) is 12.7. The van der Waals surface area contributed by atoms with E-state index in [2.05, 4.69) is 10.2 Å². The van der Waals surface area contributed by atoms with Crippen LogP contribution in [0.25, 0.3) is 10.9 Å². The van der Waals surface area contributed by atoms with Gasteiger partial charge in [0.2, 0.25) is 0 Å². The molecule has 2 unspecified atom stereocenters. The number of amides is 2. The van der Waals surface area contributed by atoms with Gasteiger partial charge in [0.05, 0.1) is 24.8 Å². The quantitative estimate of drug-likeness (QED) is 0.320. The van der Waals surface area contributed by atoms with E-state index in [9.17, 15) is 14.4 Å². The number of piperidine rings is 1. The van der Waals surface area contributed by atoms with Gasteiger partial charge in [0.25, 0.3) is 11.5 Å². The van der Waals surface area contributed by atoms with Gasteiger partial charge in [-0.2, -0.15) is 0 Å². The highest BCUT2D eigenvalue weighted by atomic mass is 16.6. The van der Waals surface area contributed by atoms with Crippen LogP contribution in [-0.4, -0.2) is 87.3 Å². The fourth-order valence-corrected chi connectivity index (χ4v) is 5.82. The summed E-state index contributed by atoms with van der Waals surface area (Å²) in [6.07, 6.45) is 0.834. The van der Waals surface area contributed by atoms with Gasteiger partial charge in [0.1, 0.15) is 25.1 Å². The molecule has 2 aliphatic rings. The average Bonchev–Trinajstić information content (AvgIpc) is 3.00. The number of nitrogens with one attached hydrogen (secondary N) is 1. The molecule has 0 radical (unpaired) electrons. The van der Waals surface area contributed by atoms with Gasteiger partial charge in [0, 0.05) is 63.3 Å². The Morgan fingerprint density at radius 1 is 1.05 bits per heavy atom. The summed E-state index contributed by atoms with van der Waals surface area (Å²) in [5, 5.41) is 3.45. The van der Waals surface area contributed by atoms with E-state index in [0.717, 1.165) is 17.1 Å². The molecule has 0 spiro atoms. The topological polar surface area (TPSA) is 144 Å². The highest BCUT2D eigenvalue weighted by molar-refractivity contribution is 6.06. The molecule has 1 saturated heterocycles. The zero-order valence-electron chi connectivity index (χ0n) is 24.5. The van der Waals surface area contributed by atoms with E-state index >= 15 is 0 Å². The van der Waals surface area contributed by atoms with Crippen LogP contribution < -0.4 is 30.8 Å². The summed E-state index contributed by atoms with van der Waals surface area (Å²) in [6.45, 7) is 3.32. The smallest absolute Gasteiger partial charge is 0.404 e. The second-order valence-corrected chi connectivity index (χ2v) is 10.6. The van der Waals surface area contributed by atoms with Crippen molar-refractivity contribution in [3.8, 4) is 17.2 Å². The fraction of sp³-hybridized carbons (Fsp3) is 0.452. The Morgan fingerprint density at radius 2 is 1.86 bits per heavy atom. The first kappa shape index (κ1) is 30.2. The molecule has 43 heavy (non-hydrogen) atoms. The number of primary amides is 1. The molecule has 1 fully saturated rings. The van der Waals surface area contributed by atoms with Crippen LogP contribution in [0.5, 0.6) is 17.2 Å². The maximum atomic E-state index is 13.4. The molecule has 3 aromatic rings. The van der Waals surface area contributed by atoms with Crippen LogP contribution in [0.4, 0.5) is 4.79 Å². The number of methoxy groups -OCH3 is 2. The molecule has 2 aliphatic heterocycles. The Morgan fingerprint density at radius 3 is 2.63 bits per heavy atom. The molecule has 3 heterocycles. The molecule has 0 saturated carbocycles. The van der Waals surface area contributed by atoms with Crippen molar-refractivity contribution in [1.29, 1.82) is 0 Å². The van der Waals surface area contributed by atoms with Gasteiger partial charge < -0.3 is 39.3 Å². The molecule has 0 bridgehead atoms. The van der Waals surface area contributed by atoms with E-state index in [1.165, 1.54) is 6.07 Å². The Labute approximate surface area is 249 Å². The Kier molecular flexibility index (Phi) is 9.68. The van der Waals surface area contributed by atoms with Crippen molar-refractivity contribution >= 4 is 22.9 Å². The number of likely N-dealkylation sites (tertiary alicyclic amines) is 1. The fourth-order valence-electron chi connectivity index (χ4n) is 5.82. The van der Waals surface area contributed by atoms with Crippen molar-refractivity contribution in [1.82, 2.24) is 14.8 Å². The summed E-state index contributed by atoms with van der Waals surface area (Å²) in [7, 11) is 3.12. The lowest BCUT2D eigenvalue weighted by atomic mass is 9.93. The van der Waals surface area contributed by atoms with Gasteiger partial charge in [-0.3, -0.25) is 14.5 Å². The second kappa shape index (κ2) is 13.8. The van der Waals surface area contributed by atoms with Crippen LogP contribution in [0.15, 0.2) is 47.3 Å². The highest BCUT2D eigenvalue weighted by Gasteiger charge is 2.31. The van der Waals surface area contributed by atoms with Crippen LogP contribution in [-0.2, 0) is 22.4 Å². The maximum absolute atomic E-state index is 13.4. The van der Waals surface area contributed by atoms with E-state index in [1.807, 2.05) is 18.2 Å². The monoisotopic (exact) mass is 594 g/mol. The lowest BCUT2D eigenvalue weighted by Gasteiger charge is -2.39. The number of carbonyl (C=O) groups excluding carboxylic acids is 2. The predicted molar refractivity (Wildman–Crippen MR) is 159 cm³/mol. The predicted octanol–water partition coefficient (Wildman–Crippen LogP) is 2.33. The molecule has 3 N–H and O–H groups in total. The summed E-state index contributed by atoms with van der Waals surface area (Å²) in [5.74, 6) is 1.68. The third kappa shape index (κ3) is 7.20. The van der Waals surface area contributed by atoms with Crippen LogP contribution in [0.2, 0.25) is 0 Å². The van der Waals surface area contributed by atoms with E-state index in [0.29, 0.717) is 87.5 Å². The van der Waals surface area contributed by atoms with Gasteiger partial charge >= 0.3 is 6.09 Å². The van der Waals surface area contributed by atoms with Crippen LogP contribution in [0, 0.1) is 0 Å². The summed E-state index contributed by atoms with van der Waals surface area (Å²) in [4.78, 5) is 40.2. The maximum Gasteiger partial charge on any atom is 0.404 e. The van der Waals surface area contributed by atoms with Gasteiger partial charge in [0.15, 0.2) is 11.5 Å². The molecule has 12 nitrogen and oxygen atoms in total. The first-order valence-electron chi connectivity index (χ1n) is 14.4. The normalized spacial score (nSPS) is 18.3. The molecule has 1 aromatic heterocycles. The molecule has 12 heteroatoms. The number of nitrogens with zero attached hydrogens (tertiary/aromatic N) is 2. The lowest BCUT2D eigenvalue weighted by molar-refractivity contribution is 0.0253. The molecule has 0 aliphatic carbocycles. The number of aromatic nitrogens is 1. The Hall–Kier alpha value is -4.29. The number of carbonyl (C=O) groups is 2. The molecule has 5 rings (SSSR count). The first-order valence-corrected chi connectivity index (χ1v) is 14.4. The minimum atomic E-state index is -0.783. The van der Waals surface area contributed by atoms with Gasteiger partial charge in [-0.05, 0) is 42.7 Å². The summed E-state index contributed by atoms with van der Waals surface area (Å²) >= 11 is 0. The van der Waals surface area contributed by atoms with E-state index in [4.69, 9.17) is 29.4 Å². The van der Waals surface area contributed by atoms with Gasteiger partial charge in [-0.15, -0.1) is 0 Å². The van der Waals surface area contributed by atoms with Crippen molar-refractivity contribution in [3.63, 3.8) is 0 Å². The highest BCUT2D eigenvalue weighted by Crippen LogP contribution is 2.32. The average molecular weight is 595 g/mol. The van der Waals surface area contributed by atoms with Crippen LogP contribution >= 0.6 is 0 Å². The van der Waals surface area contributed by atoms with Crippen molar-refractivity contribution in [3.05, 3.63) is 63.9 Å². The third-order valence-electron chi connectivity index (χ3n) is 7.92. The van der Waals surface area contributed by atoms with Crippen LogP contribution in [0.3, 0.4) is 0 Å². The molecular formula is C31H38N4O8. The van der Waals surface area contributed by atoms with E-state index in [-0.39, 0.29) is 23.6 Å². The minimum Gasteiger partial charge on any atom is -0.497 e. The second-order valence-electron chi connectivity index (χ2n) is 10.6. The van der Waals surface area contributed by atoms with Gasteiger partial charge in [-0.1, -0.05) is 6.07 Å². The Balaban J connectivity index is 1.40. The van der Waals surface area contributed by atoms with Crippen LogP contribution in [0.1, 0.15) is 28.8 Å². The molecule has 2 amide bonds. The SMILES string of the molecule is COCCNC(=O)c1cc(=O)n(CCN2CCC(OC(N)=O)CC2Cc2ccc3c(c2)OCCO3)c2cc(OC)ccc12. The number of nitrogens with two attached hydrogens (primary N) is 1. The third-order valence-corrected chi connectivity index (χ3v) is 7.92. The zero-order chi connectivity index (χ0) is 30.3. The van der Waals surface area contributed by atoms with Gasteiger partial charge in [-0.25, -0.2) is 4.79 Å².